The molecule has 1 aromatic carbocycles. The standard InChI is InChI=1S/C9H6BrF3O2/c10-7(5-14)6-3-1-2-4-8(6)15-9(11,12)13/h1-5,7H. The molecule has 1 aromatic rings. The van der Waals surface area contributed by atoms with Crippen molar-refractivity contribution in [2.75, 3.05) is 0 Å². The molecule has 1 atom stereocenters. The van der Waals surface area contributed by atoms with E-state index in [-0.39, 0.29) is 11.3 Å². The number of para-hydroxylation sites is 1. The number of aldehydes is 1. The van der Waals surface area contributed by atoms with Gasteiger partial charge in [-0.25, -0.2) is 0 Å². The summed E-state index contributed by atoms with van der Waals surface area (Å²) in [6.45, 7) is 0. The van der Waals surface area contributed by atoms with Crippen LogP contribution in [0.3, 0.4) is 0 Å². The molecule has 0 saturated carbocycles. The molecule has 0 fully saturated rings. The maximum absolute atomic E-state index is 12.0. The Hall–Kier alpha value is -1.04. The van der Waals surface area contributed by atoms with E-state index in [1.807, 2.05) is 0 Å². The van der Waals surface area contributed by atoms with E-state index in [2.05, 4.69) is 20.7 Å². The van der Waals surface area contributed by atoms with E-state index < -0.39 is 11.2 Å². The van der Waals surface area contributed by atoms with Crippen molar-refractivity contribution in [2.24, 2.45) is 0 Å². The van der Waals surface area contributed by atoms with Gasteiger partial charge in [0.2, 0.25) is 0 Å². The summed E-state index contributed by atoms with van der Waals surface area (Å²) in [5.74, 6) is -0.376. The first-order valence-electron chi connectivity index (χ1n) is 3.88. The van der Waals surface area contributed by atoms with Gasteiger partial charge < -0.3 is 9.53 Å². The van der Waals surface area contributed by atoms with Gasteiger partial charge >= 0.3 is 6.36 Å². The van der Waals surface area contributed by atoms with Gasteiger partial charge in [0.15, 0.2) is 0 Å². The van der Waals surface area contributed by atoms with E-state index in [1.165, 1.54) is 18.2 Å². The van der Waals surface area contributed by atoms with E-state index in [9.17, 15) is 18.0 Å². The average molecular weight is 283 g/mol. The van der Waals surface area contributed by atoms with Gasteiger partial charge in [0.1, 0.15) is 12.0 Å². The summed E-state index contributed by atoms with van der Waals surface area (Å²) >= 11 is 2.93. The van der Waals surface area contributed by atoms with Crippen LogP contribution < -0.4 is 4.74 Å². The smallest absolute Gasteiger partial charge is 0.405 e. The van der Waals surface area contributed by atoms with Crippen LogP contribution in [-0.4, -0.2) is 12.6 Å². The molecule has 0 aromatic heterocycles. The fraction of sp³-hybridized carbons (Fsp3) is 0.222. The number of hydrogen-bond donors (Lipinski definition) is 0. The molecule has 0 radical (unpaired) electrons. The lowest BCUT2D eigenvalue weighted by molar-refractivity contribution is -0.274. The zero-order chi connectivity index (χ0) is 11.5. The minimum Gasteiger partial charge on any atom is -0.405 e. The summed E-state index contributed by atoms with van der Waals surface area (Å²) in [5.41, 5.74) is 0.143. The molecule has 15 heavy (non-hydrogen) atoms. The predicted octanol–water partition coefficient (Wildman–Crippen LogP) is 3.22. The van der Waals surface area contributed by atoms with Crippen LogP contribution in [0, 0.1) is 0 Å². The highest BCUT2D eigenvalue weighted by Gasteiger charge is 2.32. The summed E-state index contributed by atoms with van der Waals surface area (Å²) in [6, 6.07) is 5.46. The van der Waals surface area contributed by atoms with Crippen LogP contribution in [0.25, 0.3) is 0 Å². The van der Waals surface area contributed by atoms with Crippen LogP contribution in [0.1, 0.15) is 10.4 Å². The van der Waals surface area contributed by atoms with E-state index in [0.29, 0.717) is 6.29 Å². The van der Waals surface area contributed by atoms with Crippen molar-refractivity contribution in [3.63, 3.8) is 0 Å². The number of alkyl halides is 4. The molecule has 82 valence electrons. The molecule has 0 spiro atoms. The molecule has 0 N–H and O–H groups in total. The molecular weight excluding hydrogens is 277 g/mol. The summed E-state index contributed by atoms with van der Waals surface area (Å²) in [5, 5.41) is 0. The van der Waals surface area contributed by atoms with Gasteiger partial charge in [-0.1, -0.05) is 34.1 Å². The highest BCUT2D eigenvalue weighted by Crippen LogP contribution is 2.32. The van der Waals surface area contributed by atoms with E-state index in [4.69, 9.17) is 0 Å². The topological polar surface area (TPSA) is 26.3 Å². The lowest BCUT2D eigenvalue weighted by atomic mass is 10.1. The fourth-order valence-corrected chi connectivity index (χ4v) is 1.38. The SMILES string of the molecule is O=CC(Br)c1ccccc1OC(F)(F)F. The quantitative estimate of drug-likeness (QED) is 0.629. The van der Waals surface area contributed by atoms with Crippen molar-refractivity contribution < 1.29 is 22.7 Å². The molecule has 0 bridgehead atoms. The van der Waals surface area contributed by atoms with E-state index in [1.54, 1.807) is 0 Å². The minimum absolute atomic E-state index is 0.143. The highest BCUT2D eigenvalue weighted by molar-refractivity contribution is 9.09. The van der Waals surface area contributed by atoms with Gasteiger partial charge in [0.05, 0.1) is 4.83 Å². The number of carbonyl (C=O) groups excluding carboxylic acids is 1. The van der Waals surface area contributed by atoms with E-state index in [0.717, 1.165) is 6.07 Å². The van der Waals surface area contributed by atoms with Crippen molar-refractivity contribution in [3.8, 4) is 5.75 Å². The Morgan fingerprint density at radius 1 is 1.33 bits per heavy atom. The van der Waals surface area contributed by atoms with Crippen LogP contribution in [0.5, 0.6) is 5.75 Å². The van der Waals surface area contributed by atoms with Gasteiger partial charge in [-0.2, -0.15) is 0 Å². The Kier molecular flexibility index (Phi) is 3.73. The lowest BCUT2D eigenvalue weighted by Crippen LogP contribution is -2.18. The van der Waals surface area contributed by atoms with Crippen LogP contribution in [0.2, 0.25) is 0 Å². The molecule has 0 aliphatic heterocycles. The normalized spacial score (nSPS) is 13.3. The Bertz CT molecular complexity index is 351. The highest BCUT2D eigenvalue weighted by atomic mass is 79.9. The third kappa shape index (κ3) is 3.54. The first-order valence-corrected chi connectivity index (χ1v) is 4.79. The number of carbonyl (C=O) groups is 1. The molecule has 6 heteroatoms. The summed E-state index contributed by atoms with van der Waals surface area (Å²) < 4.78 is 39.7. The molecule has 1 rings (SSSR count). The van der Waals surface area contributed by atoms with Crippen molar-refractivity contribution in [2.45, 2.75) is 11.2 Å². The molecule has 0 aliphatic rings. The zero-order valence-electron chi connectivity index (χ0n) is 7.29. The van der Waals surface area contributed by atoms with Crippen LogP contribution in [0.15, 0.2) is 24.3 Å². The van der Waals surface area contributed by atoms with Gasteiger partial charge in [-0.05, 0) is 6.07 Å². The van der Waals surface area contributed by atoms with Crippen LogP contribution >= 0.6 is 15.9 Å². The second kappa shape index (κ2) is 4.65. The molecular formula is C9H6BrF3O2. The van der Waals surface area contributed by atoms with Crippen molar-refractivity contribution in [1.82, 2.24) is 0 Å². The third-order valence-corrected chi connectivity index (χ3v) is 2.27. The molecule has 1 unspecified atom stereocenters. The average Bonchev–Trinajstić information content (AvgIpc) is 2.15. The van der Waals surface area contributed by atoms with Gasteiger partial charge in [-0.15, -0.1) is 13.2 Å². The maximum atomic E-state index is 12.0. The van der Waals surface area contributed by atoms with Crippen LogP contribution in [-0.2, 0) is 4.79 Å². The monoisotopic (exact) mass is 282 g/mol. The number of hydrogen-bond acceptors (Lipinski definition) is 2. The Morgan fingerprint density at radius 2 is 1.93 bits per heavy atom. The van der Waals surface area contributed by atoms with Gasteiger partial charge in [0, 0.05) is 5.56 Å². The second-order valence-corrected chi connectivity index (χ2v) is 3.61. The summed E-state index contributed by atoms with van der Waals surface area (Å²) in [6.07, 6.45) is -4.27. The first-order chi connectivity index (χ1) is 6.94. The zero-order valence-corrected chi connectivity index (χ0v) is 8.88. The summed E-state index contributed by atoms with van der Waals surface area (Å²) in [4.78, 5) is 9.63. The number of ether oxygens (including phenoxy) is 1. The van der Waals surface area contributed by atoms with Crippen molar-refractivity contribution in [1.29, 1.82) is 0 Å². The second-order valence-electron chi connectivity index (χ2n) is 2.62. The van der Waals surface area contributed by atoms with E-state index >= 15 is 0 Å². The Balaban J connectivity index is 3.01. The number of rotatable bonds is 3. The minimum atomic E-state index is -4.76. The number of halogens is 4. The van der Waals surface area contributed by atoms with Crippen LogP contribution in [0.4, 0.5) is 13.2 Å². The fourth-order valence-electron chi connectivity index (χ4n) is 0.999. The Morgan fingerprint density at radius 3 is 2.47 bits per heavy atom. The predicted molar refractivity (Wildman–Crippen MR) is 50.9 cm³/mol. The van der Waals surface area contributed by atoms with Gasteiger partial charge in [-0.3, -0.25) is 0 Å². The molecule has 0 heterocycles. The Labute approximate surface area is 92.2 Å². The largest absolute Gasteiger partial charge is 0.573 e. The lowest BCUT2D eigenvalue weighted by Gasteiger charge is -2.13. The first kappa shape index (κ1) is 12.0. The van der Waals surface area contributed by atoms with Crippen molar-refractivity contribution >= 4 is 22.2 Å². The molecule has 2 nitrogen and oxygen atoms in total. The molecule has 0 amide bonds. The molecule has 0 aliphatic carbocycles. The third-order valence-electron chi connectivity index (χ3n) is 1.56. The molecule has 0 saturated heterocycles. The van der Waals surface area contributed by atoms with Crippen molar-refractivity contribution in [3.05, 3.63) is 29.8 Å². The maximum Gasteiger partial charge on any atom is 0.573 e. The van der Waals surface area contributed by atoms with Gasteiger partial charge in [0.25, 0.3) is 0 Å². The number of benzene rings is 1. The summed E-state index contributed by atoms with van der Waals surface area (Å²) in [7, 11) is 0.